The smallest absolute Gasteiger partial charge is 0.111 e. The van der Waals surface area contributed by atoms with Crippen LogP contribution >= 0.6 is 0 Å². The monoisotopic (exact) mass is 216 g/mol. The molecule has 0 aromatic carbocycles. The maximum Gasteiger partial charge on any atom is 0.111 e. The van der Waals surface area contributed by atoms with Crippen LogP contribution in [0.5, 0.6) is 0 Å². The lowest BCUT2D eigenvalue weighted by atomic mass is 9.81. The number of hydrogen-bond donors (Lipinski definition) is 2. The molecule has 0 amide bonds. The van der Waals surface area contributed by atoms with Crippen molar-refractivity contribution in [2.75, 3.05) is 13.1 Å². The van der Waals surface area contributed by atoms with Gasteiger partial charge in [-0.25, -0.2) is 0 Å². The maximum absolute atomic E-state index is 6.26. The second kappa shape index (κ2) is 5.38. The van der Waals surface area contributed by atoms with Gasteiger partial charge in [-0.1, -0.05) is 44.4 Å². The first kappa shape index (κ1) is 13.1. The third-order valence-corrected chi connectivity index (χ3v) is 3.11. The van der Waals surface area contributed by atoms with Gasteiger partial charge in [0.1, 0.15) is 7.85 Å². The van der Waals surface area contributed by atoms with Gasteiger partial charge in [0, 0.05) is 13.1 Å². The van der Waals surface area contributed by atoms with E-state index >= 15 is 0 Å². The van der Waals surface area contributed by atoms with E-state index in [0.717, 1.165) is 18.7 Å². The summed E-state index contributed by atoms with van der Waals surface area (Å²) >= 11 is 0. The normalized spacial score (nSPS) is 31.7. The molecule has 2 nitrogen and oxygen atoms in total. The predicted molar refractivity (Wildman–Crippen MR) is 73.0 cm³/mol. The summed E-state index contributed by atoms with van der Waals surface area (Å²) in [5.74, 6) is 7.25. The average Bonchev–Trinajstić information content (AvgIpc) is 2.54. The molecule has 16 heavy (non-hydrogen) atoms. The largest absolute Gasteiger partial charge is 0.314 e. The van der Waals surface area contributed by atoms with Crippen LogP contribution in [0.1, 0.15) is 13.8 Å². The highest BCUT2D eigenvalue weighted by Crippen LogP contribution is 2.19. The molecule has 1 aliphatic heterocycles. The molecule has 3 unspecified atom stereocenters. The van der Waals surface area contributed by atoms with Gasteiger partial charge in [0.25, 0.3) is 0 Å². The van der Waals surface area contributed by atoms with Crippen LogP contribution in [0.25, 0.3) is 0 Å². The summed E-state index contributed by atoms with van der Waals surface area (Å²) in [6.07, 6.45) is 3.75. The average molecular weight is 216 g/mol. The number of nitrogens with one attached hydrogen (secondary N) is 1. The zero-order valence-corrected chi connectivity index (χ0v) is 10.5. The summed E-state index contributed by atoms with van der Waals surface area (Å²) < 4.78 is 0. The van der Waals surface area contributed by atoms with Gasteiger partial charge in [-0.3, -0.25) is 0 Å². The van der Waals surface area contributed by atoms with Gasteiger partial charge in [0.2, 0.25) is 0 Å². The van der Waals surface area contributed by atoms with Crippen molar-refractivity contribution < 1.29 is 0 Å². The Morgan fingerprint density at radius 1 is 1.75 bits per heavy atom. The lowest BCUT2D eigenvalue weighted by molar-refractivity contribution is 0.469. The Hall–Kier alpha value is -0.975. The maximum atomic E-state index is 6.26. The fourth-order valence-electron chi connectivity index (χ4n) is 1.71. The second-order valence-electron chi connectivity index (χ2n) is 4.83. The van der Waals surface area contributed by atoms with E-state index in [2.05, 4.69) is 45.4 Å². The molecule has 1 saturated heterocycles. The van der Waals surface area contributed by atoms with Crippen LogP contribution in [0.3, 0.4) is 0 Å². The molecule has 0 bridgehead atoms. The molecular weight excluding hydrogens is 195 g/mol. The van der Waals surface area contributed by atoms with E-state index in [9.17, 15) is 0 Å². The molecule has 1 heterocycles. The first-order valence-corrected chi connectivity index (χ1v) is 5.85. The number of rotatable bonds is 2. The van der Waals surface area contributed by atoms with Crippen molar-refractivity contribution in [3.63, 3.8) is 0 Å². The number of allylic oxidation sites excluding steroid dienone is 3. The summed E-state index contributed by atoms with van der Waals surface area (Å²) in [5, 5.41) is 3.28. The molecule has 0 aliphatic carbocycles. The van der Waals surface area contributed by atoms with Crippen molar-refractivity contribution in [3.8, 4) is 11.8 Å². The van der Waals surface area contributed by atoms with Crippen molar-refractivity contribution in [2.24, 2.45) is 11.7 Å². The first-order valence-electron chi connectivity index (χ1n) is 5.85. The topological polar surface area (TPSA) is 38.0 Å². The van der Waals surface area contributed by atoms with Gasteiger partial charge in [-0.05, 0) is 17.3 Å². The Morgan fingerprint density at radius 2 is 2.44 bits per heavy atom. The van der Waals surface area contributed by atoms with Crippen LogP contribution in [0.2, 0.25) is 5.82 Å². The van der Waals surface area contributed by atoms with E-state index in [1.807, 2.05) is 6.08 Å². The molecule has 1 rings (SSSR count). The molecule has 0 radical (unpaired) electrons. The van der Waals surface area contributed by atoms with Crippen LogP contribution < -0.4 is 11.1 Å². The molecule has 3 atom stereocenters. The molecule has 0 spiro atoms. The van der Waals surface area contributed by atoms with Crippen LogP contribution in [-0.4, -0.2) is 26.5 Å². The number of hydrogen-bond acceptors (Lipinski definition) is 2. The van der Waals surface area contributed by atoms with Gasteiger partial charge >= 0.3 is 0 Å². The molecule has 0 aromatic heterocycles. The highest BCUT2D eigenvalue weighted by molar-refractivity contribution is 6.13. The third kappa shape index (κ3) is 3.01. The van der Waals surface area contributed by atoms with Gasteiger partial charge < -0.3 is 11.1 Å². The third-order valence-electron chi connectivity index (χ3n) is 3.11. The summed E-state index contributed by atoms with van der Waals surface area (Å²) in [6, 6.07) is 0. The fraction of sp³-hybridized carbons (Fsp3) is 0.538. The standard InChI is InChI=1S/C13H21BN2/c1-4-5-12(11(3)14)6-7-13(15)9-16-8-10(13)2/h4-5,10-11,16H,1,8-9,14-15H2,2-3H3/b12-5-. The van der Waals surface area contributed by atoms with Crippen molar-refractivity contribution in [2.45, 2.75) is 25.2 Å². The minimum atomic E-state index is -0.380. The van der Waals surface area contributed by atoms with Gasteiger partial charge in [0.05, 0.1) is 5.54 Å². The molecule has 3 heteroatoms. The SMILES string of the molecule is BC(C)/C(C#CC1(N)CNCC1C)=C\C=C. The molecule has 1 fully saturated rings. The second-order valence-corrected chi connectivity index (χ2v) is 4.83. The van der Waals surface area contributed by atoms with E-state index in [-0.39, 0.29) is 5.54 Å². The summed E-state index contributed by atoms with van der Waals surface area (Å²) in [6.45, 7) is 9.71. The summed E-state index contributed by atoms with van der Waals surface area (Å²) in [4.78, 5) is 0. The van der Waals surface area contributed by atoms with Gasteiger partial charge in [-0.2, -0.15) is 0 Å². The van der Waals surface area contributed by atoms with Crippen molar-refractivity contribution in [1.82, 2.24) is 5.32 Å². The summed E-state index contributed by atoms with van der Waals surface area (Å²) in [7, 11) is 2.13. The highest BCUT2D eigenvalue weighted by Gasteiger charge is 2.34. The van der Waals surface area contributed by atoms with E-state index in [0.29, 0.717) is 11.7 Å². The zero-order valence-electron chi connectivity index (χ0n) is 10.5. The van der Waals surface area contributed by atoms with Crippen molar-refractivity contribution in [3.05, 3.63) is 24.3 Å². The van der Waals surface area contributed by atoms with Crippen LogP contribution in [0.4, 0.5) is 0 Å². The molecule has 86 valence electrons. The molecule has 3 N–H and O–H groups in total. The Morgan fingerprint density at radius 3 is 2.88 bits per heavy atom. The molecule has 0 saturated carbocycles. The van der Waals surface area contributed by atoms with Crippen LogP contribution in [0, 0.1) is 17.8 Å². The van der Waals surface area contributed by atoms with Crippen LogP contribution in [-0.2, 0) is 0 Å². The quantitative estimate of drug-likeness (QED) is 0.400. The highest BCUT2D eigenvalue weighted by atomic mass is 15.0. The molecule has 0 aromatic rings. The van der Waals surface area contributed by atoms with Crippen LogP contribution in [0.15, 0.2) is 24.3 Å². The minimum absolute atomic E-state index is 0.380. The Bertz CT molecular complexity index is 349. The van der Waals surface area contributed by atoms with E-state index in [4.69, 9.17) is 5.73 Å². The lowest BCUT2D eigenvalue weighted by Gasteiger charge is -2.21. The molecular formula is C13H21BN2. The van der Waals surface area contributed by atoms with E-state index in [1.54, 1.807) is 6.08 Å². The lowest BCUT2D eigenvalue weighted by Crippen LogP contribution is -2.45. The van der Waals surface area contributed by atoms with Gasteiger partial charge in [0.15, 0.2) is 0 Å². The molecule has 1 aliphatic rings. The minimum Gasteiger partial charge on any atom is -0.314 e. The first-order chi connectivity index (χ1) is 7.49. The Labute approximate surface area is 99.8 Å². The van der Waals surface area contributed by atoms with Crippen molar-refractivity contribution >= 4 is 7.85 Å². The number of nitrogens with two attached hydrogens (primary N) is 1. The Balaban J connectivity index is 2.86. The Kier molecular flexibility index (Phi) is 4.40. The fourth-order valence-corrected chi connectivity index (χ4v) is 1.71. The zero-order chi connectivity index (χ0) is 12.2. The van der Waals surface area contributed by atoms with Gasteiger partial charge in [-0.15, -0.1) is 0 Å². The van der Waals surface area contributed by atoms with E-state index < -0.39 is 0 Å². The van der Waals surface area contributed by atoms with Crippen molar-refractivity contribution in [1.29, 1.82) is 0 Å². The summed E-state index contributed by atoms with van der Waals surface area (Å²) in [5.41, 5.74) is 6.97. The van der Waals surface area contributed by atoms with E-state index in [1.165, 1.54) is 0 Å². The predicted octanol–water partition coefficient (Wildman–Crippen LogP) is 0.480.